The van der Waals surface area contributed by atoms with Crippen molar-refractivity contribution in [2.75, 3.05) is 25.6 Å². The molecule has 1 rings (SSSR count). The Kier molecular flexibility index (Phi) is 5.95. The molecule has 0 saturated carbocycles. The minimum absolute atomic E-state index is 0.0493. The Morgan fingerprint density at radius 1 is 1.29 bits per heavy atom. The normalized spacial score (nSPS) is 11.5. The molecule has 1 aromatic carbocycles. The van der Waals surface area contributed by atoms with Crippen LogP contribution in [-0.2, 0) is 9.47 Å². The number of ether oxygens (including phenoxy) is 2. The van der Waals surface area contributed by atoms with E-state index in [0.717, 1.165) is 6.07 Å². The van der Waals surface area contributed by atoms with Crippen LogP contribution in [-0.4, -0.2) is 32.0 Å². The van der Waals surface area contributed by atoms with E-state index in [1.54, 1.807) is 0 Å². The van der Waals surface area contributed by atoms with Gasteiger partial charge in [-0.25, -0.2) is 9.18 Å². The number of anilines is 1. The quantitative estimate of drug-likeness (QED) is 0.380. The summed E-state index contributed by atoms with van der Waals surface area (Å²) in [5.74, 6) is -1.42. The maximum atomic E-state index is 13.4. The van der Waals surface area contributed by atoms with E-state index in [4.69, 9.17) is 10.5 Å². The molecule has 4 nitrogen and oxygen atoms in total. The molecule has 0 heterocycles. The van der Waals surface area contributed by atoms with Crippen LogP contribution >= 0.6 is 0 Å². The van der Waals surface area contributed by atoms with Crippen LogP contribution in [0.3, 0.4) is 0 Å². The SMILES string of the molecule is Cc1c(N)cc(C(=O)OCCCOCC(F)(F)F)cc1F. The summed E-state index contributed by atoms with van der Waals surface area (Å²) in [5.41, 5.74) is 5.82. The van der Waals surface area contributed by atoms with Gasteiger partial charge in [0.05, 0.1) is 18.8 Å². The van der Waals surface area contributed by atoms with Gasteiger partial charge in [0.1, 0.15) is 12.4 Å². The van der Waals surface area contributed by atoms with E-state index in [9.17, 15) is 22.4 Å². The Bertz CT molecular complexity index is 480. The van der Waals surface area contributed by atoms with Gasteiger partial charge < -0.3 is 15.2 Å². The minimum Gasteiger partial charge on any atom is -0.462 e. The first-order chi connectivity index (χ1) is 9.70. The number of rotatable bonds is 6. The summed E-state index contributed by atoms with van der Waals surface area (Å²) in [7, 11) is 0. The van der Waals surface area contributed by atoms with E-state index in [1.807, 2.05) is 0 Å². The molecule has 0 atom stereocenters. The number of hydrogen-bond acceptors (Lipinski definition) is 4. The molecule has 8 heteroatoms. The summed E-state index contributed by atoms with van der Waals surface area (Å²) in [4.78, 5) is 11.6. The lowest BCUT2D eigenvalue weighted by atomic mass is 10.1. The number of halogens is 4. The summed E-state index contributed by atoms with van der Waals surface area (Å²) < 4.78 is 57.8. The number of nitrogen functional groups attached to an aromatic ring is 1. The summed E-state index contributed by atoms with van der Waals surface area (Å²) in [5, 5.41) is 0. The van der Waals surface area contributed by atoms with E-state index in [1.165, 1.54) is 13.0 Å². The molecule has 118 valence electrons. The molecule has 21 heavy (non-hydrogen) atoms. The number of nitrogens with two attached hydrogens (primary N) is 1. The summed E-state index contributed by atoms with van der Waals surface area (Å²) in [6.07, 6.45) is -4.28. The van der Waals surface area contributed by atoms with Gasteiger partial charge in [-0.05, 0) is 19.1 Å². The average molecular weight is 309 g/mol. The van der Waals surface area contributed by atoms with Gasteiger partial charge in [-0.1, -0.05) is 0 Å². The first-order valence-electron chi connectivity index (χ1n) is 6.08. The standard InChI is InChI=1S/C13H15F4NO3/c1-8-10(14)5-9(6-11(8)18)12(19)21-4-2-3-20-7-13(15,16)17/h5-6H,2-4,7,18H2,1H3. The van der Waals surface area contributed by atoms with Crippen molar-refractivity contribution >= 4 is 11.7 Å². The average Bonchev–Trinajstić information content (AvgIpc) is 2.37. The first-order valence-corrected chi connectivity index (χ1v) is 6.08. The molecule has 0 aromatic heterocycles. The third kappa shape index (κ3) is 5.99. The van der Waals surface area contributed by atoms with Gasteiger partial charge in [0.25, 0.3) is 0 Å². The second-order valence-electron chi connectivity index (χ2n) is 4.33. The molecule has 0 unspecified atom stereocenters. The van der Waals surface area contributed by atoms with Crippen LogP contribution in [0.2, 0.25) is 0 Å². The molecule has 0 radical (unpaired) electrons. The zero-order valence-electron chi connectivity index (χ0n) is 11.3. The molecule has 0 aliphatic heterocycles. The fourth-order valence-corrected chi connectivity index (χ4v) is 1.42. The second-order valence-corrected chi connectivity index (χ2v) is 4.33. The minimum atomic E-state index is -4.38. The van der Waals surface area contributed by atoms with Crippen LogP contribution in [0.4, 0.5) is 23.2 Å². The molecule has 2 N–H and O–H groups in total. The highest BCUT2D eigenvalue weighted by molar-refractivity contribution is 5.90. The number of hydrogen-bond donors (Lipinski definition) is 1. The highest BCUT2D eigenvalue weighted by Gasteiger charge is 2.27. The lowest BCUT2D eigenvalue weighted by Gasteiger charge is -2.09. The van der Waals surface area contributed by atoms with Crippen molar-refractivity contribution in [3.63, 3.8) is 0 Å². The lowest BCUT2D eigenvalue weighted by Crippen LogP contribution is -2.18. The van der Waals surface area contributed by atoms with E-state index < -0.39 is 24.6 Å². The number of esters is 1. The van der Waals surface area contributed by atoms with Gasteiger partial charge in [-0.2, -0.15) is 13.2 Å². The zero-order valence-corrected chi connectivity index (χ0v) is 11.3. The Hall–Kier alpha value is -1.83. The Labute approximate surface area is 118 Å². The number of carbonyl (C=O) groups is 1. The topological polar surface area (TPSA) is 61.6 Å². The number of alkyl halides is 3. The van der Waals surface area contributed by atoms with Gasteiger partial charge in [0.2, 0.25) is 0 Å². The van der Waals surface area contributed by atoms with Crippen LogP contribution < -0.4 is 5.73 Å². The van der Waals surface area contributed by atoms with Crippen molar-refractivity contribution in [3.05, 3.63) is 29.1 Å². The molecule has 0 amide bonds. The molecule has 0 spiro atoms. The Morgan fingerprint density at radius 3 is 2.52 bits per heavy atom. The van der Waals surface area contributed by atoms with Crippen molar-refractivity contribution in [2.24, 2.45) is 0 Å². The van der Waals surface area contributed by atoms with Crippen molar-refractivity contribution < 1.29 is 31.8 Å². The fraction of sp³-hybridized carbons (Fsp3) is 0.462. The molecule has 0 fully saturated rings. The van der Waals surface area contributed by atoms with Gasteiger partial charge >= 0.3 is 12.1 Å². The number of benzene rings is 1. The summed E-state index contributed by atoms with van der Waals surface area (Å²) in [6, 6.07) is 2.27. The second kappa shape index (κ2) is 7.26. The van der Waals surface area contributed by atoms with Crippen LogP contribution in [0.15, 0.2) is 12.1 Å². The maximum Gasteiger partial charge on any atom is 0.411 e. The molecular weight excluding hydrogens is 294 g/mol. The number of carbonyl (C=O) groups excluding carboxylic acids is 1. The van der Waals surface area contributed by atoms with Crippen LogP contribution in [0.5, 0.6) is 0 Å². The first kappa shape index (κ1) is 17.2. The van der Waals surface area contributed by atoms with Crippen LogP contribution in [0.1, 0.15) is 22.3 Å². The lowest BCUT2D eigenvalue weighted by molar-refractivity contribution is -0.174. The third-order valence-electron chi connectivity index (χ3n) is 2.55. The van der Waals surface area contributed by atoms with Crippen molar-refractivity contribution in [2.45, 2.75) is 19.5 Å². The predicted molar refractivity (Wildman–Crippen MR) is 67.3 cm³/mol. The van der Waals surface area contributed by atoms with E-state index in [-0.39, 0.29) is 36.4 Å². The molecule has 0 aliphatic carbocycles. The van der Waals surface area contributed by atoms with Crippen LogP contribution in [0, 0.1) is 12.7 Å². The van der Waals surface area contributed by atoms with Gasteiger partial charge in [0.15, 0.2) is 0 Å². The summed E-state index contributed by atoms with van der Waals surface area (Å²) >= 11 is 0. The molecule has 0 bridgehead atoms. The van der Waals surface area contributed by atoms with E-state index >= 15 is 0 Å². The largest absolute Gasteiger partial charge is 0.462 e. The Balaban J connectivity index is 2.35. The van der Waals surface area contributed by atoms with Gasteiger partial charge in [0, 0.05) is 17.7 Å². The van der Waals surface area contributed by atoms with E-state index in [0.29, 0.717) is 0 Å². The fourth-order valence-electron chi connectivity index (χ4n) is 1.42. The maximum absolute atomic E-state index is 13.4. The molecular formula is C13H15F4NO3. The monoisotopic (exact) mass is 309 g/mol. The highest BCUT2D eigenvalue weighted by Crippen LogP contribution is 2.18. The van der Waals surface area contributed by atoms with Crippen LogP contribution in [0.25, 0.3) is 0 Å². The zero-order chi connectivity index (χ0) is 16.0. The molecule has 0 saturated heterocycles. The highest BCUT2D eigenvalue weighted by atomic mass is 19.4. The van der Waals surface area contributed by atoms with Crippen molar-refractivity contribution in [1.82, 2.24) is 0 Å². The third-order valence-corrected chi connectivity index (χ3v) is 2.55. The van der Waals surface area contributed by atoms with Gasteiger partial charge in [-0.3, -0.25) is 0 Å². The smallest absolute Gasteiger partial charge is 0.411 e. The van der Waals surface area contributed by atoms with Gasteiger partial charge in [-0.15, -0.1) is 0 Å². The summed E-state index contributed by atoms with van der Waals surface area (Å²) in [6.45, 7) is -0.207. The molecule has 1 aromatic rings. The molecule has 0 aliphatic rings. The van der Waals surface area contributed by atoms with E-state index in [2.05, 4.69) is 4.74 Å². The Morgan fingerprint density at radius 2 is 1.95 bits per heavy atom. The predicted octanol–water partition coefficient (Wildman–Crippen LogP) is 2.84. The van der Waals surface area contributed by atoms with Crippen molar-refractivity contribution in [1.29, 1.82) is 0 Å². The van der Waals surface area contributed by atoms with Crippen molar-refractivity contribution in [3.8, 4) is 0 Å².